The molecule has 1 nitrogen and oxygen atoms in total. The van der Waals surface area contributed by atoms with Gasteiger partial charge in [-0.15, -0.1) is 0 Å². The molecule has 0 heterocycles. The molecule has 1 heteroatoms. The summed E-state index contributed by atoms with van der Waals surface area (Å²) in [5.41, 5.74) is 5.80. The number of nitrogens with one attached hydrogen (secondary N) is 1. The molecule has 1 unspecified atom stereocenters. The Morgan fingerprint density at radius 3 is 1.95 bits per heavy atom. The van der Waals surface area contributed by atoms with Gasteiger partial charge in [0.25, 0.3) is 0 Å². The zero-order valence-corrected chi connectivity index (χ0v) is 11.7. The lowest BCUT2D eigenvalue weighted by Crippen LogP contribution is -2.31. The van der Waals surface area contributed by atoms with Crippen molar-refractivity contribution in [3.8, 4) is 11.1 Å². The summed E-state index contributed by atoms with van der Waals surface area (Å²) in [4.78, 5) is 0. The van der Waals surface area contributed by atoms with Gasteiger partial charge in [-0.05, 0) is 35.7 Å². The number of hydrogen-bond acceptors (Lipinski definition) is 1. The van der Waals surface area contributed by atoms with Crippen molar-refractivity contribution < 1.29 is 0 Å². The Bertz CT molecular complexity index is 528. The topological polar surface area (TPSA) is 12.0 Å². The minimum atomic E-state index is 0.498. The maximum absolute atomic E-state index is 3.53. The lowest BCUT2D eigenvalue weighted by Gasteiger charge is -2.25. The van der Waals surface area contributed by atoms with E-state index in [1.807, 2.05) is 0 Å². The molecule has 2 aromatic carbocycles. The van der Waals surface area contributed by atoms with E-state index in [0.717, 1.165) is 0 Å². The highest BCUT2D eigenvalue weighted by atomic mass is 14.9. The highest BCUT2D eigenvalue weighted by Crippen LogP contribution is 2.46. The molecule has 0 aromatic heterocycles. The molecule has 0 bridgehead atoms. The first-order valence-electron chi connectivity index (χ1n) is 7.22. The number of benzene rings is 2. The van der Waals surface area contributed by atoms with E-state index in [9.17, 15) is 0 Å². The summed E-state index contributed by atoms with van der Waals surface area (Å²) in [5, 5.41) is 3.53. The van der Waals surface area contributed by atoms with Gasteiger partial charge in [0, 0.05) is 12.0 Å². The molecular weight excluding hydrogens is 230 g/mol. The van der Waals surface area contributed by atoms with Crippen molar-refractivity contribution in [1.29, 1.82) is 0 Å². The van der Waals surface area contributed by atoms with Crippen LogP contribution in [0.3, 0.4) is 0 Å². The Morgan fingerprint density at radius 1 is 0.947 bits per heavy atom. The molecular formula is C18H21N. The molecule has 19 heavy (non-hydrogen) atoms. The van der Waals surface area contributed by atoms with Crippen LogP contribution in [-0.2, 0) is 0 Å². The molecule has 1 aliphatic rings. The lowest BCUT2D eigenvalue weighted by atomic mass is 9.87. The van der Waals surface area contributed by atoms with Crippen LogP contribution >= 0.6 is 0 Å². The van der Waals surface area contributed by atoms with E-state index in [1.165, 1.54) is 35.1 Å². The van der Waals surface area contributed by atoms with E-state index >= 15 is 0 Å². The van der Waals surface area contributed by atoms with Gasteiger partial charge in [-0.2, -0.15) is 0 Å². The van der Waals surface area contributed by atoms with Crippen molar-refractivity contribution in [3.05, 3.63) is 59.7 Å². The van der Waals surface area contributed by atoms with Crippen molar-refractivity contribution >= 4 is 0 Å². The summed E-state index contributed by atoms with van der Waals surface area (Å²) in [7, 11) is 2.09. The molecule has 0 spiro atoms. The van der Waals surface area contributed by atoms with Crippen LogP contribution in [0.25, 0.3) is 11.1 Å². The molecule has 1 atom stereocenters. The Hall–Kier alpha value is -1.60. The van der Waals surface area contributed by atoms with Gasteiger partial charge in [0.05, 0.1) is 0 Å². The maximum Gasteiger partial charge on any atom is 0.0255 e. The van der Waals surface area contributed by atoms with Gasteiger partial charge in [0.2, 0.25) is 0 Å². The molecule has 3 rings (SSSR count). The fourth-order valence-corrected chi connectivity index (χ4v) is 3.42. The van der Waals surface area contributed by atoms with E-state index < -0.39 is 0 Å². The van der Waals surface area contributed by atoms with Gasteiger partial charge in [-0.3, -0.25) is 0 Å². The molecule has 0 radical (unpaired) electrons. The quantitative estimate of drug-likeness (QED) is 0.859. The molecule has 2 aromatic rings. The summed E-state index contributed by atoms with van der Waals surface area (Å²) in [5.74, 6) is 0.498. The monoisotopic (exact) mass is 251 g/mol. The van der Waals surface area contributed by atoms with E-state index in [1.54, 1.807) is 0 Å². The largest absolute Gasteiger partial charge is 0.316 e. The fourth-order valence-electron chi connectivity index (χ4n) is 3.42. The van der Waals surface area contributed by atoms with Gasteiger partial charge < -0.3 is 5.32 Å². The third kappa shape index (κ3) is 1.98. The summed E-state index contributed by atoms with van der Waals surface area (Å²) >= 11 is 0. The number of rotatable bonds is 4. The minimum absolute atomic E-state index is 0.498. The van der Waals surface area contributed by atoms with Crippen LogP contribution in [0, 0.1) is 0 Å². The van der Waals surface area contributed by atoms with Crippen LogP contribution in [0.4, 0.5) is 0 Å². The standard InChI is InChI=1S/C18H21N/c1-3-8-17(19-2)18-15-11-6-4-9-13(15)14-10-5-7-12-16(14)18/h4-7,9-12,17-19H,3,8H2,1-2H3. The Kier molecular flexibility index (Phi) is 3.39. The van der Waals surface area contributed by atoms with E-state index in [0.29, 0.717) is 12.0 Å². The maximum atomic E-state index is 3.53. The van der Waals surface area contributed by atoms with Crippen molar-refractivity contribution in [2.75, 3.05) is 7.05 Å². The summed E-state index contributed by atoms with van der Waals surface area (Å²) in [6.07, 6.45) is 2.43. The highest BCUT2D eigenvalue weighted by Gasteiger charge is 2.32. The molecule has 98 valence electrons. The second-order valence-corrected chi connectivity index (χ2v) is 5.34. The number of hydrogen-bond donors (Lipinski definition) is 1. The zero-order chi connectivity index (χ0) is 13.2. The van der Waals surface area contributed by atoms with E-state index in [2.05, 4.69) is 67.8 Å². The first kappa shape index (κ1) is 12.4. The molecule has 0 aliphatic heterocycles. The first-order chi connectivity index (χ1) is 9.36. The SMILES string of the molecule is CCCC(NC)C1c2ccccc2-c2ccccc21. The predicted molar refractivity (Wildman–Crippen MR) is 81.5 cm³/mol. The van der Waals surface area contributed by atoms with Crippen molar-refractivity contribution in [2.45, 2.75) is 31.7 Å². The molecule has 1 N–H and O–H groups in total. The normalized spacial score (nSPS) is 15.1. The average Bonchev–Trinajstić information content (AvgIpc) is 2.80. The van der Waals surface area contributed by atoms with Gasteiger partial charge in [-0.25, -0.2) is 0 Å². The third-order valence-corrected chi connectivity index (χ3v) is 4.25. The van der Waals surface area contributed by atoms with Crippen LogP contribution in [0.15, 0.2) is 48.5 Å². The van der Waals surface area contributed by atoms with E-state index in [-0.39, 0.29) is 0 Å². The molecule has 1 aliphatic carbocycles. The van der Waals surface area contributed by atoms with Gasteiger partial charge in [0.1, 0.15) is 0 Å². The van der Waals surface area contributed by atoms with Crippen LogP contribution in [0.2, 0.25) is 0 Å². The molecule has 0 saturated heterocycles. The summed E-state index contributed by atoms with van der Waals surface area (Å²) in [6, 6.07) is 18.2. The van der Waals surface area contributed by atoms with Crippen molar-refractivity contribution in [3.63, 3.8) is 0 Å². The Balaban J connectivity index is 2.14. The lowest BCUT2D eigenvalue weighted by molar-refractivity contribution is 0.473. The van der Waals surface area contributed by atoms with Crippen LogP contribution < -0.4 is 5.32 Å². The number of fused-ring (bicyclic) bond motifs is 3. The minimum Gasteiger partial charge on any atom is -0.316 e. The smallest absolute Gasteiger partial charge is 0.0255 e. The molecule has 0 saturated carbocycles. The van der Waals surface area contributed by atoms with E-state index in [4.69, 9.17) is 0 Å². The molecule has 0 fully saturated rings. The van der Waals surface area contributed by atoms with Crippen molar-refractivity contribution in [1.82, 2.24) is 5.32 Å². The van der Waals surface area contributed by atoms with Gasteiger partial charge in [-0.1, -0.05) is 61.9 Å². The Labute approximate surface area is 115 Å². The summed E-state index contributed by atoms with van der Waals surface area (Å²) < 4.78 is 0. The second-order valence-electron chi connectivity index (χ2n) is 5.34. The fraction of sp³-hybridized carbons (Fsp3) is 0.333. The van der Waals surface area contributed by atoms with Crippen LogP contribution in [-0.4, -0.2) is 13.1 Å². The van der Waals surface area contributed by atoms with Gasteiger partial charge >= 0.3 is 0 Å². The highest BCUT2D eigenvalue weighted by molar-refractivity contribution is 5.79. The first-order valence-corrected chi connectivity index (χ1v) is 7.22. The Morgan fingerprint density at radius 2 is 1.47 bits per heavy atom. The van der Waals surface area contributed by atoms with Crippen LogP contribution in [0.5, 0.6) is 0 Å². The average molecular weight is 251 g/mol. The number of likely N-dealkylation sites (N-methyl/N-ethyl adjacent to an activating group) is 1. The predicted octanol–water partition coefficient (Wildman–Crippen LogP) is 4.19. The second kappa shape index (κ2) is 5.18. The van der Waals surface area contributed by atoms with Crippen molar-refractivity contribution in [2.24, 2.45) is 0 Å². The summed E-state index contributed by atoms with van der Waals surface area (Å²) in [6.45, 7) is 2.26. The molecule has 0 amide bonds. The zero-order valence-electron chi connectivity index (χ0n) is 11.7. The third-order valence-electron chi connectivity index (χ3n) is 4.25. The van der Waals surface area contributed by atoms with Gasteiger partial charge in [0.15, 0.2) is 0 Å². The van der Waals surface area contributed by atoms with Crippen LogP contribution in [0.1, 0.15) is 36.8 Å².